The van der Waals surface area contributed by atoms with Crippen LogP contribution < -0.4 is 16.4 Å². The van der Waals surface area contributed by atoms with Crippen LogP contribution in [0.15, 0.2) is 69.3 Å². The molecule has 3 aromatic rings. The van der Waals surface area contributed by atoms with Crippen molar-refractivity contribution in [2.45, 2.75) is 14.7 Å². The van der Waals surface area contributed by atoms with E-state index >= 15 is 0 Å². The predicted molar refractivity (Wildman–Crippen MR) is 140 cm³/mol. The van der Waals surface area contributed by atoms with E-state index in [9.17, 15) is 30.3 Å². The maximum absolute atomic E-state index is 11.6. The molecule has 4 N–H and O–H groups in total. The van der Waals surface area contributed by atoms with E-state index < -0.39 is 14.8 Å². The van der Waals surface area contributed by atoms with Crippen LogP contribution in [0.3, 0.4) is 0 Å². The summed E-state index contributed by atoms with van der Waals surface area (Å²) in [6, 6.07) is 13.6. The summed E-state index contributed by atoms with van der Waals surface area (Å²) in [5.74, 6) is 0.462. The minimum atomic E-state index is -0.573. The van der Waals surface area contributed by atoms with Crippen LogP contribution in [-0.2, 0) is 0 Å². The molecule has 0 amide bonds. The Labute approximate surface area is 212 Å². The summed E-state index contributed by atoms with van der Waals surface area (Å²) < 4.78 is 0. The van der Waals surface area contributed by atoms with Gasteiger partial charge in [0.2, 0.25) is 0 Å². The van der Waals surface area contributed by atoms with Crippen LogP contribution in [0.25, 0.3) is 0 Å². The molecule has 182 valence electrons. The Morgan fingerprint density at radius 2 is 1.17 bits per heavy atom. The van der Waals surface area contributed by atoms with Crippen molar-refractivity contribution < 1.29 is 14.8 Å². The molecule has 0 spiro atoms. The Kier molecular flexibility index (Phi) is 8.62. The Hall–Kier alpha value is -3.69. The number of thiol groups is 1. The van der Waals surface area contributed by atoms with Gasteiger partial charge in [0.15, 0.2) is 0 Å². The number of rotatable bonds is 11. The molecule has 0 aliphatic rings. The Morgan fingerprint density at radius 1 is 0.714 bits per heavy atom. The van der Waals surface area contributed by atoms with E-state index in [0.717, 1.165) is 0 Å². The van der Waals surface area contributed by atoms with Gasteiger partial charge in [-0.1, -0.05) is 0 Å². The standard InChI is InChI=1S/C20H18N6O6S3/c21-15-4-2-13(8-18(15)24(27)28)34-11-23-17-6-3-14(9-20(17)26(31)32)35-10-22-16-5-1-12(33)7-19(16)25(29)30/h1-9,22-23,33H,10-11,21H2. The summed E-state index contributed by atoms with van der Waals surface area (Å²) in [4.78, 5) is 33.8. The fourth-order valence-corrected chi connectivity index (χ4v) is 4.59. The van der Waals surface area contributed by atoms with Crippen molar-refractivity contribution in [1.29, 1.82) is 0 Å². The molecule has 0 unspecified atom stereocenters. The summed E-state index contributed by atoms with van der Waals surface area (Å²) in [6.45, 7) is 0. The van der Waals surface area contributed by atoms with Crippen LogP contribution in [0.2, 0.25) is 0 Å². The Balaban J connectivity index is 1.63. The number of hydrogen-bond acceptors (Lipinski definition) is 12. The molecule has 0 aliphatic heterocycles. The van der Waals surface area contributed by atoms with Crippen molar-refractivity contribution in [1.82, 2.24) is 0 Å². The first-order valence-electron chi connectivity index (χ1n) is 9.69. The van der Waals surface area contributed by atoms with Gasteiger partial charge in [-0.15, -0.1) is 36.2 Å². The van der Waals surface area contributed by atoms with Crippen molar-refractivity contribution >= 4 is 70.3 Å². The second-order valence-electron chi connectivity index (χ2n) is 6.80. The zero-order chi connectivity index (χ0) is 25.5. The highest BCUT2D eigenvalue weighted by Gasteiger charge is 2.17. The number of nitrogen functional groups attached to an aromatic ring is 1. The average molecular weight is 535 g/mol. The molecule has 0 saturated heterocycles. The van der Waals surface area contributed by atoms with Crippen molar-refractivity contribution in [2.24, 2.45) is 0 Å². The largest absolute Gasteiger partial charge is 0.393 e. The van der Waals surface area contributed by atoms with Gasteiger partial charge in [-0.25, -0.2) is 0 Å². The van der Waals surface area contributed by atoms with E-state index in [1.807, 2.05) is 0 Å². The number of nitrogens with one attached hydrogen (secondary N) is 2. The van der Waals surface area contributed by atoms with Gasteiger partial charge in [0, 0.05) is 32.9 Å². The third-order valence-electron chi connectivity index (χ3n) is 4.55. The van der Waals surface area contributed by atoms with Crippen LogP contribution >= 0.6 is 36.2 Å². The van der Waals surface area contributed by atoms with Gasteiger partial charge in [0.25, 0.3) is 17.1 Å². The minimum absolute atomic E-state index is 0.0545. The fourth-order valence-electron chi connectivity index (χ4n) is 2.89. The molecular weight excluding hydrogens is 516 g/mol. The molecule has 12 nitrogen and oxygen atoms in total. The highest BCUT2D eigenvalue weighted by Crippen LogP contribution is 2.33. The third kappa shape index (κ3) is 6.91. The van der Waals surface area contributed by atoms with Gasteiger partial charge >= 0.3 is 0 Å². The van der Waals surface area contributed by atoms with Crippen molar-refractivity contribution in [3.05, 3.63) is 84.9 Å². The molecule has 15 heteroatoms. The third-order valence-corrected chi connectivity index (χ3v) is 6.58. The molecule has 0 aromatic heterocycles. The molecule has 0 fully saturated rings. The highest BCUT2D eigenvalue weighted by atomic mass is 32.2. The van der Waals surface area contributed by atoms with Crippen LogP contribution in [-0.4, -0.2) is 26.5 Å². The zero-order valence-electron chi connectivity index (χ0n) is 17.7. The molecule has 0 aliphatic carbocycles. The van der Waals surface area contributed by atoms with Crippen molar-refractivity contribution in [2.75, 3.05) is 28.1 Å². The van der Waals surface area contributed by atoms with Gasteiger partial charge in [-0.2, -0.15) is 0 Å². The molecule has 0 bridgehead atoms. The lowest BCUT2D eigenvalue weighted by molar-refractivity contribution is -0.384. The number of nitro groups is 3. The Bertz CT molecular complexity index is 1290. The molecular formula is C20H18N6O6S3. The monoisotopic (exact) mass is 534 g/mol. The number of nitrogens with zero attached hydrogens (tertiary/aromatic N) is 3. The number of hydrogen-bond donors (Lipinski definition) is 4. The first-order chi connectivity index (χ1) is 16.7. The van der Waals surface area contributed by atoms with Gasteiger partial charge in [-0.3, -0.25) is 30.3 Å². The fraction of sp³-hybridized carbons (Fsp3) is 0.100. The van der Waals surface area contributed by atoms with E-state index in [2.05, 4.69) is 23.3 Å². The lowest BCUT2D eigenvalue weighted by Crippen LogP contribution is -2.03. The second kappa shape index (κ2) is 11.6. The number of nitrogens with two attached hydrogens (primary N) is 1. The number of benzene rings is 3. The molecule has 3 rings (SSSR count). The predicted octanol–water partition coefficient (Wildman–Crippen LogP) is 5.61. The molecule has 0 radical (unpaired) electrons. The topological polar surface area (TPSA) is 180 Å². The van der Waals surface area contributed by atoms with Crippen LogP contribution in [0.1, 0.15) is 0 Å². The molecule has 0 heterocycles. The van der Waals surface area contributed by atoms with Gasteiger partial charge in [0.05, 0.1) is 26.5 Å². The van der Waals surface area contributed by atoms with Crippen molar-refractivity contribution in [3.63, 3.8) is 0 Å². The van der Waals surface area contributed by atoms with Gasteiger partial charge < -0.3 is 16.4 Å². The summed E-state index contributed by atoms with van der Waals surface area (Å²) in [7, 11) is 0. The normalized spacial score (nSPS) is 10.5. The van der Waals surface area contributed by atoms with Crippen LogP contribution in [0.4, 0.5) is 34.1 Å². The first-order valence-corrected chi connectivity index (χ1v) is 12.1. The maximum atomic E-state index is 11.6. The van der Waals surface area contributed by atoms with E-state index in [4.69, 9.17) is 5.73 Å². The quantitative estimate of drug-likeness (QED) is 0.0600. The maximum Gasteiger partial charge on any atom is 0.293 e. The van der Waals surface area contributed by atoms with Crippen LogP contribution in [0, 0.1) is 30.3 Å². The Morgan fingerprint density at radius 3 is 1.71 bits per heavy atom. The smallest absolute Gasteiger partial charge is 0.293 e. The highest BCUT2D eigenvalue weighted by molar-refractivity contribution is 7.99. The van der Waals surface area contributed by atoms with E-state index in [0.29, 0.717) is 20.4 Å². The number of nitro benzene ring substituents is 3. The summed E-state index contributed by atoms with van der Waals surface area (Å²) in [6.07, 6.45) is 0. The minimum Gasteiger partial charge on any atom is -0.393 e. The molecule has 0 atom stereocenters. The number of anilines is 3. The SMILES string of the molecule is Nc1ccc(SCNc2ccc(SCNc3ccc(S)cc3[N+](=O)[O-])cc2[N+](=O)[O-])cc1[N+](=O)[O-]. The summed E-state index contributed by atoms with van der Waals surface area (Å²) in [5, 5.41) is 39.7. The second-order valence-corrected chi connectivity index (χ2v) is 9.42. The molecule has 0 saturated carbocycles. The molecule has 35 heavy (non-hydrogen) atoms. The van der Waals surface area contributed by atoms with Gasteiger partial charge in [-0.05, 0) is 36.4 Å². The van der Waals surface area contributed by atoms with E-state index in [1.54, 1.807) is 30.3 Å². The average Bonchev–Trinajstić information content (AvgIpc) is 2.81. The lowest BCUT2D eigenvalue weighted by Gasteiger charge is -2.10. The summed E-state index contributed by atoms with van der Waals surface area (Å²) >= 11 is 6.57. The number of thioether (sulfide) groups is 2. The molecule has 3 aromatic carbocycles. The first kappa shape index (κ1) is 25.9. The van der Waals surface area contributed by atoms with Gasteiger partial charge in [0.1, 0.15) is 17.1 Å². The van der Waals surface area contributed by atoms with E-state index in [1.165, 1.54) is 47.8 Å². The summed E-state index contributed by atoms with van der Waals surface area (Å²) in [5.41, 5.74) is 5.77. The van der Waals surface area contributed by atoms with E-state index in [-0.39, 0.29) is 40.2 Å². The van der Waals surface area contributed by atoms with Crippen LogP contribution in [0.5, 0.6) is 0 Å². The zero-order valence-corrected chi connectivity index (χ0v) is 20.3. The lowest BCUT2D eigenvalue weighted by atomic mass is 10.3. The van der Waals surface area contributed by atoms with Crippen molar-refractivity contribution in [3.8, 4) is 0 Å².